The molecule has 1 aromatic rings. The third kappa shape index (κ3) is 2.21. The summed E-state index contributed by atoms with van der Waals surface area (Å²) in [6.07, 6.45) is 1.09. The van der Waals surface area contributed by atoms with Gasteiger partial charge in [-0.05, 0) is 18.2 Å². The molecule has 1 rings (SSSR count). The number of carbonyl (C=O) groups is 1. The Labute approximate surface area is 77.8 Å². The lowest BCUT2D eigenvalue weighted by atomic mass is 10.2. The average Bonchev–Trinajstić information content (AvgIpc) is 2.10. The minimum absolute atomic E-state index is 0.0507. The monoisotopic (exact) mass is 199 g/mol. The van der Waals surface area contributed by atoms with Gasteiger partial charge in [0.15, 0.2) is 0 Å². The van der Waals surface area contributed by atoms with Crippen LogP contribution in [0.15, 0.2) is 23.2 Å². The molecule has 0 atom stereocenters. The molecular formula is C8H3ClFNO2. The molecule has 13 heavy (non-hydrogen) atoms. The second-order valence-corrected chi connectivity index (χ2v) is 2.54. The van der Waals surface area contributed by atoms with Crippen LogP contribution in [0, 0.1) is 5.82 Å². The summed E-state index contributed by atoms with van der Waals surface area (Å²) >= 11 is 5.39. The highest BCUT2D eigenvalue weighted by atomic mass is 35.5. The normalized spacial score (nSPS) is 9.08. The van der Waals surface area contributed by atoms with E-state index in [1.54, 1.807) is 0 Å². The first-order valence-electron chi connectivity index (χ1n) is 3.22. The number of nitrogens with zero attached hydrogens (tertiary/aromatic N) is 1. The van der Waals surface area contributed by atoms with Gasteiger partial charge < -0.3 is 0 Å². The summed E-state index contributed by atoms with van der Waals surface area (Å²) in [6, 6.07) is 3.31. The van der Waals surface area contributed by atoms with E-state index >= 15 is 0 Å². The molecule has 3 nitrogen and oxygen atoms in total. The van der Waals surface area contributed by atoms with Crippen LogP contribution in [0.5, 0.6) is 0 Å². The lowest BCUT2D eigenvalue weighted by Gasteiger charge is -1.95. The number of amides is 1. The van der Waals surface area contributed by atoms with E-state index in [0.29, 0.717) is 0 Å². The quantitative estimate of drug-likeness (QED) is 0.513. The number of isocyanates is 1. The van der Waals surface area contributed by atoms with Crippen molar-refractivity contribution in [2.24, 2.45) is 4.99 Å². The molecule has 66 valence electrons. The molecule has 0 fully saturated rings. The van der Waals surface area contributed by atoms with Gasteiger partial charge in [0.2, 0.25) is 6.08 Å². The molecule has 1 aromatic carbocycles. The van der Waals surface area contributed by atoms with Crippen molar-refractivity contribution in [1.82, 2.24) is 0 Å². The molecule has 5 heteroatoms. The predicted molar refractivity (Wildman–Crippen MR) is 43.9 cm³/mol. The van der Waals surface area contributed by atoms with Crippen molar-refractivity contribution in [3.63, 3.8) is 0 Å². The minimum Gasteiger partial charge on any atom is -0.266 e. The van der Waals surface area contributed by atoms with Crippen molar-refractivity contribution >= 4 is 23.6 Å². The van der Waals surface area contributed by atoms with E-state index in [0.717, 1.165) is 18.2 Å². The number of hydrogen-bond acceptors (Lipinski definition) is 2. The zero-order valence-electron chi connectivity index (χ0n) is 6.25. The maximum absolute atomic E-state index is 12.6. The summed E-state index contributed by atoms with van der Waals surface area (Å²) < 4.78 is 12.6. The number of carbonyl (C=O) groups excluding carboxylic acids is 2. The first-order chi connectivity index (χ1) is 6.15. The molecule has 0 aliphatic rings. The number of aliphatic imine (C=N–C) groups is 1. The van der Waals surface area contributed by atoms with E-state index in [-0.39, 0.29) is 10.6 Å². The highest BCUT2D eigenvalue weighted by Gasteiger charge is 2.06. The van der Waals surface area contributed by atoms with Crippen molar-refractivity contribution in [2.45, 2.75) is 0 Å². The SMILES string of the molecule is O=C=NC(=O)c1ccc(F)c(Cl)c1. The van der Waals surface area contributed by atoms with Crippen LogP contribution in [0.1, 0.15) is 10.4 Å². The number of benzene rings is 1. The van der Waals surface area contributed by atoms with Crippen molar-refractivity contribution < 1.29 is 14.0 Å². The third-order valence-corrected chi connectivity index (χ3v) is 1.60. The predicted octanol–water partition coefficient (Wildman–Crippen LogP) is 1.96. The van der Waals surface area contributed by atoms with Crippen LogP contribution in [0.2, 0.25) is 5.02 Å². The molecule has 0 radical (unpaired) electrons. The van der Waals surface area contributed by atoms with Gasteiger partial charge in [-0.3, -0.25) is 4.79 Å². The van der Waals surface area contributed by atoms with Crippen molar-refractivity contribution in [2.75, 3.05) is 0 Å². The van der Waals surface area contributed by atoms with Crippen molar-refractivity contribution in [1.29, 1.82) is 0 Å². The maximum atomic E-state index is 12.6. The molecule has 0 unspecified atom stereocenters. The van der Waals surface area contributed by atoms with Crippen LogP contribution in [-0.2, 0) is 4.79 Å². The molecule has 0 heterocycles. The van der Waals surface area contributed by atoms with Crippen molar-refractivity contribution in [3.8, 4) is 0 Å². The molecule has 0 saturated heterocycles. The fourth-order valence-electron chi connectivity index (χ4n) is 0.735. The summed E-state index contributed by atoms with van der Waals surface area (Å²) in [6.45, 7) is 0. The van der Waals surface area contributed by atoms with E-state index < -0.39 is 11.7 Å². The Morgan fingerprint density at radius 3 is 2.77 bits per heavy atom. The molecule has 0 aromatic heterocycles. The summed E-state index contributed by atoms with van der Waals surface area (Å²) in [4.78, 5) is 23.5. The van der Waals surface area contributed by atoms with Gasteiger partial charge in [-0.15, -0.1) is 4.99 Å². The van der Waals surface area contributed by atoms with Gasteiger partial charge in [0, 0.05) is 5.56 Å². The average molecular weight is 200 g/mol. The van der Waals surface area contributed by atoms with Crippen LogP contribution in [0.3, 0.4) is 0 Å². The highest BCUT2D eigenvalue weighted by Crippen LogP contribution is 2.16. The van der Waals surface area contributed by atoms with Crippen LogP contribution in [0.4, 0.5) is 4.39 Å². The van der Waals surface area contributed by atoms with Crippen molar-refractivity contribution in [3.05, 3.63) is 34.6 Å². The van der Waals surface area contributed by atoms with E-state index in [2.05, 4.69) is 4.99 Å². The fraction of sp³-hybridized carbons (Fsp3) is 0. The number of rotatable bonds is 1. The number of halogens is 2. The summed E-state index contributed by atoms with van der Waals surface area (Å²) in [5, 5.41) is -0.188. The Bertz CT molecular complexity index is 399. The Morgan fingerprint density at radius 2 is 2.23 bits per heavy atom. The maximum Gasteiger partial charge on any atom is 0.287 e. The highest BCUT2D eigenvalue weighted by molar-refractivity contribution is 6.31. The molecule has 0 bridgehead atoms. The standard InChI is InChI=1S/C8H3ClFNO2/c9-6-3-5(1-2-7(6)10)8(13)11-4-12/h1-3H. The second kappa shape index (κ2) is 3.94. The zero-order valence-corrected chi connectivity index (χ0v) is 7.01. The van der Waals surface area contributed by atoms with Crippen LogP contribution in [-0.4, -0.2) is 12.0 Å². The van der Waals surface area contributed by atoms with Gasteiger partial charge in [-0.1, -0.05) is 11.6 Å². The third-order valence-electron chi connectivity index (χ3n) is 1.31. The Kier molecular flexibility index (Phi) is 2.90. The fourth-order valence-corrected chi connectivity index (χ4v) is 0.916. The molecule has 0 saturated carbocycles. The first-order valence-corrected chi connectivity index (χ1v) is 3.60. The molecule has 0 spiro atoms. The molecule has 0 aliphatic heterocycles. The van der Waals surface area contributed by atoms with Crippen LogP contribution < -0.4 is 0 Å². The zero-order chi connectivity index (χ0) is 9.84. The summed E-state index contributed by atoms with van der Waals surface area (Å²) in [5.74, 6) is -1.43. The Hall–Kier alpha value is -1.51. The van der Waals surface area contributed by atoms with Gasteiger partial charge >= 0.3 is 0 Å². The second-order valence-electron chi connectivity index (χ2n) is 2.14. The number of hydrogen-bond donors (Lipinski definition) is 0. The minimum atomic E-state index is -0.795. The van der Waals surface area contributed by atoms with Gasteiger partial charge in [-0.2, -0.15) is 0 Å². The molecule has 0 N–H and O–H groups in total. The van der Waals surface area contributed by atoms with E-state index in [4.69, 9.17) is 11.6 Å². The van der Waals surface area contributed by atoms with Gasteiger partial charge in [-0.25, -0.2) is 9.18 Å². The van der Waals surface area contributed by atoms with Crippen LogP contribution >= 0.6 is 11.6 Å². The molecule has 0 aliphatic carbocycles. The van der Waals surface area contributed by atoms with E-state index in [9.17, 15) is 14.0 Å². The topological polar surface area (TPSA) is 46.5 Å². The molecule has 1 amide bonds. The summed E-state index contributed by atoms with van der Waals surface area (Å²) in [5.41, 5.74) is 0.0507. The van der Waals surface area contributed by atoms with Crippen LogP contribution in [0.25, 0.3) is 0 Å². The lowest BCUT2D eigenvalue weighted by Crippen LogP contribution is -1.94. The smallest absolute Gasteiger partial charge is 0.266 e. The van der Waals surface area contributed by atoms with Gasteiger partial charge in [0.1, 0.15) is 5.82 Å². The van der Waals surface area contributed by atoms with Gasteiger partial charge in [0.25, 0.3) is 5.91 Å². The Balaban J connectivity index is 3.10. The van der Waals surface area contributed by atoms with E-state index in [1.807, 2.05) is 0 Å². The first kappa shape index (κ1) is 9.58. The molecular weight excluding hydrogens is 197 g/mol. The summed E-state index contributed by atoms with van der Waals surface area (Å²) in [7, 11) is 0. The Morgan fingerprint density at radius 1 is 1.54 bits per heavy atom. The lowest BCUT2D eigenvalue weighted by molar-refractivity contribution is 0.100. The van der Waals surface area contributed by atoms with E-state index in [1.165, 1.54) is 6.07 Å². The largest absolute Gasteiger partial charge is 0.287 e. The van der Waals surface area contributed by atoms with Gasteiger partial charge in [0.05, 0.1) is 5.02 Å².